The van der Waals surface area contributed by atoms with Crippen LogP contribution in [0.2, 0.25) is 0 Å². The molecule has 1 saturated heterocycles. The van der Waals surface area contributed by atoms with E-state index in [1.54, 1.807) is 0 Å². The van der Waals surface area contributed by atoms with Crippen LogP contribution in [-0.2, 0) is 4.74 Å². The van der Waals surface area contributed by atoms with Gasteiger partial charge in [0.15, 0.2) is 0 Å². The number of ether oxygens (including phenoxy) is 1. The Bertz CT molecular complexity index is 240. The number of likely N-dealkylation sites (tertiary alicyclic amines) is 1. The average Bonchev–Trinajstić information content (AvgIpc) is 2.26. The molecule has 0 radical (unpaired) electrons. The van der Waals surface area contributed by atoms with Crippen LogP contribution in [0.3, 0.4) is 0 Å². The Labute approximate surface area is 104 Å². The molecule has 0 atom stereocenters. The minimum absolute atomic E-state index is 0.0712. The van der Waals surface area contributed by atoms with Crippen LogP contribution in [0.1, 0.15) is 46.5 Å². The number of piperidine rings is 1. The second-order valence-corrected chi connectivity index (χ2v) is 5.66. The number of rotatable bonds is 4. The summed E-state index contributed by atoms with van der Waals surface area (Å²) in [6.45, 7) is 8.10. The van der Waals surface area contributed by atoms with Crippen LogP contribution in [0, 0.1) is 5.92 Å². The van der Waals surface area contributed by atoms with Gasteiger partial charge in [0.1, 0.15) is 0 Å². The molecule has 1 fully saturated rings. The van der Waals surface area contributed by atoms with Crippen LogP contribution in [0.5, 0.6) is 0 Å². The summed E-state index contributed by atoms with van der Waals surface area (Å²) < 4.78 is 5.00. The Kier molecular flexibility index (Phi) is 5.25. The number of carbonyl (C=O) groups is 1. The van der Waals surface area contributed by atoms with E-state index in [0.29, 0.717) is 12.5 Å². The summed E-state index contributed by atoms with van der Waals surface area (Å²) in [6.07, 6.45) is 4.21. The van der Waals surface area contributed by atoms with E-state index in [2.05, 4.69) is 13.8 Å². The van der Waals surface area contributed by atoms with Crippen molar-refractivity contribution < 1.29 is 9.53 Å². The number of hydrogen-bond acceptors (Lipinski definition) is 3. The minimum atomic E-state index is -0.162. The fourth-order valence-corrected chi connectivity index (χ4v) is 2.20. The maximum absolute atomic E-state index is 11.5. The molecule has 0 aromatic carbocycles. The average molecular weight is 242 g/mol. The van der Waals surface area contributed by atoms with E-state index in [-0.39, 0.29) is 11.6 Å². The molecule has 0 bridgehead atoms. The smallest absolute Gasteiger partial charge is 0.409 e. The fraction of sp³-hybridized carbons (Fsp3) is 0.923. The van der Waals surface area contributed by atoms with Crippen LogP contribution in [0.4, 0.5) is 4.79 Å². The maximum atomic E-state index is 11.5. The Hall–Kier alpha value is -0.770. The van der Waals surface area contributed by atoms with Crippen LogP contribution < -0.4 is 5.73 Å². The van der Waals surface area contributed by atoms with Crippen LogP contribution in [0.15, 0.2) is 0 Å². The molecule has 0 unspecified atom stereocenters. The molecule has 0 aliphatic carbocycles. The highest BCUT2D eigenvalue weighted by Gasteiger charge is 2.24. The van der Waals surface area contributed by atoms with Gasteiger partial charge >= 0.3 is 6.09 Å². The molecule has 4 nitrogen and oxygen atoms in total. The molecular formula is C13H26N2O2. The van der Waals surface area contributed by atoms with Crippen molar-refractivity contribution in [3.05, 3.63) is 0 Å². The van der Waals surface area contributed by atoms with Gasteiger partial charge in [-0.15, -0.1) is 0 Å². The number of carbonyl (C=O) groups excluding carboxylic acids is 1. The van der Waals surface area contributed by atoms with Gasteiger partial charge in [-0.3, -0.25) is 0 Å². The normalized spacial score (nSPS) is 18.2. The number of nitrogens with two attached hydrogens (primary N) is 1. The lowest BCUT2D eigenvalue weighted by Crippen LogP contribution is -2.39. The van der Waals surface area contributed by atoms with Crippen LogP contribution in [-0.4, -0.2) is 36.2 Å². The summed E-state index contributed by atoms with van der Waals surface area (Å²) in [5.41, 5.74) is 5.91. The molecular weight excluding hydrogens is 216 g/mol. The van der Waals surface area contributed by atoms with Crippen molar-refractivity contribution >= 4 is 6.09 Å². The standard InChI is InChI=1S/C13H26N2O2/c1-4-17-12(16)15-9-6-11(7-10-15)5-8-13(2,3)14/h11H,4-10,14H2,1-3H3. The molecule has 0 aromatic rings. The molecule has 1 rings (SSSR count). The third kappa shape index (κ3) is 5.39. The number of nitrogens with zero attached hydrogens (tertiary/aromatic N) is 1. The van der Waals surface area contributed by atoms with Crippen molar-refractivity contribution in [3.63, 3.8) is 0 Å². The summed E-state index contributed by atoms with van der Waals surface area (Å²) in [7, 11) is 0. The van der Waals surface area contributed by atoms with Crippen molar-refractivity contribution in [2.24, 2.45) is 11.7 Å². The van der Waals surface area contributed by atoms with Crippen molar-refractivity contribution in [3.8, 4) is 0 Å². The molecule has 1 aliphatic heterocycles. The lowest BCUT2D eigenvalue weighted by Gasteiger charge is -2.32. The van der Waals surface area contributed by atoms with Crippen molar-refractivity contribution in [1.29, 1.82) is 0 Å². The largest absolute Gasteiger partial charge is 0.450 e. The lowest BCUT2D eigenvalue weighted by molar-refractivity contribution is 0.0900. The molecule has 100 valence electrons. The van der Waals surface area contributed by atoms with Gasteiger partial charge in [0, 0.05) is 18.6 Å². The van der Waals surface area contributed by atoms with E-state index in [4.69, 9.17) is 10.5 Å². The summed E-state index contributed by atoms with van der Waals surface area (Å²) in [5.74, 6) is 0.712. The summed E-state index contributed by atoms with van der Waals surface area (Å²) >= 11 is 0. The van der Waals surface area contributed by atoms with Gasteiger partial charge in [0.2, 0.25) is 0 Å². The Balaban J connectivity index is 2.24. The monoisotopic (exact) mass is 242 g/mol. The first kappa shape index (κ1) is 14.3. The van der Waals surface area contributed by atoms with E-state index in [9.17, 15) is 4.79 Å². The Morgan fingerprint density at radius 2 is 2.00 bits per heavy atom. The zero-order chi connectivity index (χ0) is 12.9. The van der Waals surface area contributed by atoms with E-state index in [1.807, 2.05) is 11.8 Å². The van der Waals surface area contributed by atoms with Gasteiger partial charge in [0.05, 0.1) is 6.61 Å². The van der Waals surface area contributed by atoms with Gasteiger partial charge in [-0.05, 0) is 52.4 Å². The molecule has 2 N–H and O–H groups in total. The maximum Gasteiger partial charge on any atom is 0.409 e. The van der Waals surface area contributed by atoms with E-state index < -0.39 is 0 Å². The quantitative estimate of drug-likeness (QED) is 0.823. The summed E-state index contributed by atoms with van der Waals surface area (Å²) in [5, 5.41) is 0. The highest BCUT2D eigenvalue weighted by Crippen LogP contribution is 2.24. The second kappa shape index (κ2) is 6.24. The zero-order valence-corrected chi connectivity index (χ0v) is 11.4. The predicted octanol–water partition coefficient (Wildman–Crippen LogP) is 2.37. The van der Waals surface area contributed by atoms with Gasteiger partial charge in [-0.1, -0.05) is 0 Å². The predicted molar refractivity (Wildman–Crippen MR) is 68.8 cm³/mol. The molecule has 17 heavy (non-hydrogen) atoms. The van der Waals surface area contributed by atoms with Crippen molar-refractivity contribution in [2.45, 2.75) is 52.0 Å². The number of hydrogen-bond donors (Lipinski definition) is 1. The highest BCUT2D eigenvalue weighted by molar-refractivity contribution is 5.67. The zero-order valence-electron chi connectivity index (χ0n) is 11.4. The minimum Gasteiger partial charge on any atom is -0.450 e. The van der Waals surface area contributed by atoms with Gasteiger partial charge in [0.25, 0.3) is 0 Å². The first-order chi connectivity index (χ1) is 7.92. The second-order valence-electron chi connectivity index (χ2n) is 5.66. The first-order valence-electron chi connectivity index (χ1n) is 6.63. The first-order valence-corrected chi connectivity index (χ1v) is 6.63. The van der Waals surface area contributed by atoms with Gasteiger partial charge in [-0.25, -0.2) is 4.79 Å². The van der Waals surface area contributed by atoms with E-state index in [1.165, 1.54) is 6.42 Å². The molecule has 1 amide bonds. The van der Waals surface area contributed by atoms with Crippen LogP contribution in [0.25, 0.3) is 0 Å². The molecule has 4 heteroatoms. The molecule has 0 saturated carbocycles. The third-order valence-corrected chi connectivity index (χ3v) is 3.34. The van der Waals surface area contributed by atoms with Gasteiger partial charge in [-0.2, -0.15) is 0 Å². The van der Waals surface area contributed by atoms with E-state index in [0.717, 1.165) is 32.4 Å². The molecule has 0 spiro atoms. The van der Waals surface area contributed by atoms with Crippen LogP contribution >= 0.6 is 0 Å². The SMILES string of the molecule is CCOC(=O)N1CCC(CCC(C)(C)N)CC1. The topological polar surface area (TPSA) is 55.6 Å². The van der Waals surface area contributed by atoms with Crippen molar-refractivity contribution in [2.75, 3.05) is 19.7 Å². The molecule has 0 aromatic heterocycles. The summed E-state index contributed by atoms with van der Waals surface area (Å²) in [4.78, 5) is 13.3. The molecule has 1 heterocycles. The Morgan fingerprint density at radius 3 is 2.47 bits per heavy atom. The highest BCUT2D eigenvalue weighted by atomic mass is 16.6. The lowest BCUT2D eigenvalue weighted by atomic mass is 9.87. The molecule has 1 aliphatic rings. The summed E-state index contributed by atoms with van der Waals surface area (Å²) in [6, 6.07) is 0. The van der Waals surface area contributed by atoms with Crippen molar-refractivity contribution in [1.82, 2.24) is 4.90 Å². The third-order valence-electron chi connectivity index (χ3n) is 3.34. The number of amides is 1. The van der Waals surface area contributed by atoms with E-state index >= 15 is 0 Å². The Morgan fingerprint density at radius 1 is 1.41 bits per heavy atom. The van der Waals surface area contributed by atoms with Gasteiger partial charge < -0.3 is 15.4 Å². The fourth-order valence-electron chi connectivity index (χ4n) is 2.20.